The smallest absolute Gasteiger partial charge is 0.221 e. The van der Waals surface area contributed by atoms with Crippen molar-refractivity contribution in [2.45, 2.75) is 44.3 Å². The molecule has 1 aliphatic carbocycles. The molecule has 0 aliphatic heterocycles. The zero-order valence-corrected chi connectivity index (χ0v) is 14.6. The summed E-state index contributed by atoms with van der Waals surface area (Å²) in [5.74, 6) is 1.82. The largest absolute Gasteiger partial charge is 0.326 e. The van der Waals surface area contributed by atoms with Crippen LogP contribution in [-0.4, -0.2) is 32.2 Å². The van der Waals surface area contributed by atoms with E-state index in [0.717, 1.165) is 17.5 Å². The third-order valence-corrected chi connectivity index (χ3v) is 4.83. The second-order valence-electron chi connectivity index (χ2n) is 5.83. The van der Waals surface area contributed by atoms with Crippen LogP contribution in [0.1, 0.15) is 48.8 Å². The predicted molar refractivity (Wildman–Crippen MR) is 93.5 cm³/mol. The van der Waals surface area contributed by atoms with Crippen molar-refractivity contribution in [2.24, 2.45) is 0 Å². The van der Waals surface area contributed by atoms with Crippen LogP contribution in [-0.2, 0) is 11.3 Å². The molecule has 0 spiro atoms. The van der Waals surface area contributed by atoms with Crippen LogP contribution in [0.5, 0.6) is 0 Å². The van der Waals surface area contributed by atoms with E-state index in [2.05, 4.69) is 27.0 Å². The SMILES string of the molecule is CCn1c(SCC(=O)c2ccc(NC(C)=O)cc2)nnc1C1CC1. The number of carbonyl (C=O) groups excluding carboxylic acids is 2. The van der Waals surface area contributed by atoms with Gasteiger partial charge in [0.2, 0.25) is 5.91 Å². The van der Waals surface area contributed by atoms with Crippen molar-refractivity contribution in [3.05, 3.63) is 35.7 Å². The van der Waals surface area contributed by atoms with E-state index >= 15 is 0 Å². The van der Waals surface area contributed by atoms with Crippen LogP contribution in [0.25, 0.3) is 0 Å². The van der Waals surface area contributed by atoms with Crippen LogP contribution in [0, 0.1) is 0 Å². The molecule has 1 amide bonds. The Balaban J connectivity index is 1.62. The van der Waals surface area contributed by atoms with Gasteiger partial charge >= 0.3 is 0 Å². The average Bonchev–Trinajstić information content (AvgIpc) is 3.32. The van der Waals surface area contributed by atoms with Crippen molar-refractivity contribution in [1.82, 2.24) is 14.8 Å². The lowest BCUT2D eigenvalue weighted by atomic mass is 10.1. The van der Waals surface area contributed by atoms with Gasteiger partial charge in [-0.25, -0.2) is 0 Å². The molecule has 1 saturated carbocycles. The minimum Gasteiger partial charge on any atom is -0.326 e. The highest BCUT2D eigenvalue weighted by molar-refractivity contribution is 7.99. The molecule has 0 bridgehead atoms. The number of anilines is 1. The van der Waals surface area contributed by atoms with Gasteiger partial charge in [0.05, 0.1) is 5.75 Å². The van der Waals surface area contributed by atoms with Crippen LogP contribution < -0.4 is 5.32 Å². The predicted octanol–water partition coefficient (Wildman–Crippen LogP) is 3.11. The van der Waals surface area contributed by atoms with Crippen LogP contribution in [0.15, 0.2) is 29.4 Å². The van der Waals surface area contributed by atoms with E-state index in [0.29, 0.717) is 22.9 Å². The van der Waals surface area contributed by atoms with Gasteiger partial charge in [-0.15, -0.1) is 10.2 Å². The van der Waals surface area contributed by atoms with Crippen molar-refractivity contribution in [2.75, 3.05) is 11.1 Å². The number of amides is 1. The Morgan fingerprint density at radius 1 is 1.25 bits per heavy atom. The number of aromatic nitrogens is 3. The molecule has 2 aromatic rings. The number of rotatable bonds is 7. The van der Waals surface area contributed by atoms with E-state index in [4.69, 9.17) is 0 Å². The zero-order chi connectivity index (χ0) is 17.1. The molecule has 1 fully saturated rings. The quantitative estimate of drug-likeness (QED) is 0.617. The number of hydrogen-bond donors (Lipinski definition) is 1. The summed E-state index contributed by atoms with van der Waals surface area (Å²) in [6.07, 6.45) is 2.37. The van der Waals surface area contributed by atoms with E-state index in [1.807, 2.05) is 0 Å². The Labute approximate surface area is 145 Å². The molecule has 0 saturated heterocycles. The number of nitrogens with zero attached hydrogens (tertiary/aromatic N) is 3. The van der Waals surface area contributed by atoms with Gasteiger partial charge in [0.15, 0.2) is 10.9 Å². The lowest BCUT2D eigenvalue weighted by molar-refractivity contribution is -0.114. The standard InChI is InChI=1S/C17H20N4O2S/c1-3-21-16(13-4-5-13)19-20-17(21)24-10-15(23)12-6-8-14(9-7-12)18-11(2)22/h6-9,13H,3-5,10H2,1-2H3,(H,18,22). The molecule has 3 rings (SSSR count). The fourth-order valence-corrected chi connectivity index (χ4v) is 3.41. The number of thioether (sulfide) groups is 1. The number of nitrogens with one attached hydrogen (secondary N) is 1. The molecule has 6 nitrogen and oxygen atoms in total. The van der Waals surface area contributed by atoms with Gasteiger partial charge in [-0.05, 0) is 44.0 Å². The summed E-state index contributed by atoms with van der Waals surface area (Å²) in [6.45, 7) is 4.35. The molecule has 1 aromatic heterocycles. The lowest BCUT2D eigenvalue weighted by Crippen LogP contribution is -2.07. The zero-order valence-electron chi connectivity index (χ0n) is 13.8. The van der Waals surface area contributed by atoms with Gasteiger partial charge in [-0.1, -0.05) is 11.8 Å². The van der Waals surface area contributed by atoms with Gasteiger partial charge in [-0.2, -0.15) is 0 Å². The Morgan fingerprint density at radius 3 is 2.54 bits per heavy atom. The number of hydrogen-bond acceptors (Lipinski definition) is 5. The van der Waals surface area contributed by atoms with E-state index in [9.17, 15) is 9.59 Å². The fourth-order valence-electron chi connectivity index (χ4n) is 2.50. The molecule has 7 heteroatoms. The Hall–Kier alpha value is -2.15. The van der Waals surface area contributed by atoms with Crippen molar-refractivity contribution >= 4 is 29.1 Å². The summed E-state index contributed by atoms with van der Waals surface area (Å²) >= 11 is 1.43. The lowest BCUT2D eigenvalue weighted by Gasteiger charge is -2.07. The Morgan fingerprint density at radius 2 is 1.96 bits per heavy atom. The molecule has 0 unspecified atom stereocenters. The average molecular weight is 344 g/mol. The van der Waals surface area contributed by atoms with Crippen molar-refractivity contribution in [3.8, 4) is 0 Å². The van der Waals surface area contributed by atoms with Crippen LogP contribution in [0.4, 0.5) is 5.69 Å². The first-order valence-electron chi connectivity index (χ1n) is 8.05. The monoisotopic (exact) mass is 344 g/mol. The summed E-state index contributed by atoms with van der Waals surface area (Å²) in [5, 5.41) is 12.0. The molecular weight excluding hydrogens is 324 g/mol. The first kappa shape index (κ1) is 16.7. The highest BCUT2D eigenvalue weighted by Crippen LogP contribution is 2.40. The molecule has 1 heterocycles. The molecule has 1 aliphatic rings. The fraction of sp³-hybridized carbons (Fsp3) is 0.412. The molecule has 0 radical (unpaired) electrons. The summed E-state index contributed by atoms with van der Waals surface area (Å²) in [5.41, 5.74) is 1.31. The molecule has 1 aromatic carbocycles. The van der Waals surface area contributed by atoms with Crippen LogP contribution in [0.2, 0.25) is 0 Å². The van der Waals surface area contributed by atoms with E-state index in [-0.39, 0.29) is 11.7 Å². The van der Waals surface area contributed by atoms with Gasteiger partial charge in [0.25, 0.3) is 0 Å². The topological polar surface area (TPSA) is 76.9 Å². The number of ketones is 1. The number of Topliss-reactive ketones (excluding diaryl/α,β-unsaturated/α-hetero) is 1. The van der Waals surface area contributed by atoms with Gasteiger partial charge in [0.1, 0.15) is 5.82 Å². The van der Waals surface area contributed by atoms with Gasteiger partial charge in [0, 0.05) is 30.6 Å². The first-order chi connectivity index (χ1) is 11.6. The summed E-state index contributed by atoms with van der Waals surface area (Å²) in [4.78, 5) is 23.3. The van der Waals surface area contributed by atoms with Crippen LogP contribution in [0.3, 0.4) is 0 Å². The van der Waals surface area contributed by atoms with Crippen molar-refractivity contribution in [3.63, 3.8) is 0 Å². The molecule has 126 valence electrons. The van der Waals surface area contributed by atoms with E-state index in [1.165, 1.54) is 31.5 Å². The van der Waals surface area contributed by atoms with E-state index in [1.54, 1.807) is 24.3 Å². The first-order valence-corrected chi connectivity index (χ1v) is 9.03. The third kappa shape index (κ3) is 3.84. The molecule has 24 heavy (non-hydrogen) atoms. The molecule has 1 N–H and O–H groups in total. The summed E-state index contributed by atoms with van der Waals surface area (Å²) < 4.78 is 2.11. The van der Waals surface area contributed by atoms with Crippen molar-refractivity contribution < 1.29 is 9.59 Å². The molecule has 0 atom stereocenters. The Kier molecular flexibility index (Phi) is 4.99. The third-order valence-electron chi connectivity index (χ3n) is 3.86. The number of benzene rings is 1. The molecular formula is C17H20N4O2S. The van der Waals surface area contributed by atoms with Crippen LogP contribution >= 0.6 is 11.8 Å². The van der Waals surface area contributed by atoms with Gasteiger partial charge in [-0.3, -0.25) is 9.59 Å². The minimum atomic E-state index is -0.130. The highest BCUT2D eigenvalue weighted by atomic mass is 32.2. The second-order valence-corrected chi connectivity index (χ2v) is 6.77. The normalized spacial score (nSPS) is 13.8. The maximum atomic E-state index is 12.3. The maximum absolute atomic E-state index is 12.3. The number of carbonyl (C=O) groups is 2. The van der Waals surface area contributed by atoms with E-state index < -0.39 is 0 Å². The maximum Gasteiger partial charge on any atom is 0.221 e. The second kappa shape index (κ2) is 7.17. The Bertz CT molecular complexity index is 750. The summed E-state index contributed by atoms with van der Waals surface area (Å²) in [7, 11) is 0. The summed E-state index contributed by atoms with van der Waals surface area (Å²) in [6, 6.07) is 6.93. The highest BCUT2D eigenvalue weighted by Gasteiger charge is 2.30. The minimum absolute atomic E-state index is 0.0352. The van der Waals surface area contributed by atoms with Crippen molar-refractivity contribution in [1.29, 1.82) is 0 Å². The van der Waals surface area contributed by atoms with Gasteiger partial charge < -0.3 is 9.88 Å².